The lowest BCUT2D eigenvalue weighted by Gasteiger charge is -2.44. The second-order valence-electron chi connectivity index (χ2n) is 9.42. The summed E-state index contributed by atoms with van der Waals surface area (Å²) in [5.74, 6) is -3.40. The van der Waals surface area contributed by atoms with Gasteiger partial charge >= 0.3 is 0 Å². The van der Waals surface area contributed by atoms with Gasteiger partial charge in [0.1, 0.15) is 0 Å². The smallest absolute Gasteiger partial charge is 0.234 e. The summed E-state index contributed by atoms with van der Waals surface area (Å²) < 4.78 is 5.78. The Labute approximate surface area is 206 Å². The summed E-state index contributed by atoms with van der Waals surface area (Å²) in [5.41, 5.74) is 1.66. The van der Waals surface area contributed by atoms with E-state index in [1.165, 1.54) is 16.9 Å². The van der Waals surface area contributed by atoms with Gasteiger partial charge in [0.05, 0.1) is 35.3 Å². The summed E-state index contributed by atoms with van der Waals surface area (Å²) in [6.45, 7) is 4.19. The van der Waals surface area contributed by atoms with Crippen LogP contribution in [0.2, 0.25) is 0 Å². The number of nitrogens with zero attached hydrogens (tertiary/aromatic N) is 2. The van der Waals surface area contributed by atoms with Crippen molar-refractivity contribution in [1.82, 2.24) is 9.80 Å². The minimum Gasteiger partial charge on any atom is -0.503 e. The topological polar surface area (TPSA) is 104 Å². The lowest BCUT2D eigenvalue weighted by molar-refractivity contribution is -0.141. The van der Waals surface area contributed by atoms with Gasteiger partial charge in [-0.05, 0) is 66.2 Å². The van der Waals surface area contributed by atoms with Crippen molar-refractivity contribution in [1.29, 1.82) is 0 Å². The van der Waals surface area contributed by atoms with Gasteiger partial charge in [-0.15, -0.1) is 0 Å². The fourth-order valence-corrected chi connectivity index (χ4v) is 7.11. The van der Waals surface area contributed by atoms with Gasteiger partial charge in [0.2, 0.25) is 23.6 Å². The molecule has 34 heavy (non-hydrogen) atoms. The minimum atomic E-state index is -0.595. The van der Waals surface area contributed by atoms with E-state index in [-0.39, 0.29) is 47.6 Å². The molecular weight excluding hydrogens is 504 g/mol. The van der Waals surface area contributed by atoms with Crippen LogP contribution in [-0.4, -0.2) is 58.7 Å². The van der Waals surface area contributed by atoms with Gasteiger partial charge in [-0.3, -0.25) is 29.0 Å². The number of methoxy groups -OCH3 is 1. The first-order valence-electron chi connectivity index (χ1n) is 11.7. The first-order valence-corrected chi connectivity index (χ1v) is 12.5. The van der Waals surface area contributed by atoms with E-state index in [4.69, 9.17) is 4.74 Å². The molecule has 3 fully saturated rings. The fraction of sp³-hybridized carbons (Fsp3) is 0.520. The van der Waals surface area contributed by atoms with Gasteiger partial charge in [-0.1, -0.05) is 11.6 Å². The second kappa shape index (κ2) is 8.22. The van der Waals surface area contributed by atoms with Crippen molar-refractivity contribution < 1.29 is 29.0 Å². The van der Waals surface area contributed by atoms with Crippen LogP contribution in [0.5, 0.6) is 11.5 Å². The normalized spacial score (nSPS) is 32.5. The molecule has 2 saturated heterocycles. The molecule has 0 radical (unpaired) electrons. The van der Waals surface area contributed by atoms with Crippen LogP contribution in [0.15, 0.2) is 28.3 Å². The number of hydrogen-bond donors (Lipinski definition) is 1. The summed E-state index contributed by atoms with van der Waals surface area (Å²) in [6, 6.07) is 3.45. The lowest BCUT2D eigenvalue weighted by Crippen LogP contribution is -2.43. The summed E-state index contributed by atoms with van der Waals surface area (Å²) in [4.78, 5) is 55.6. The molecule has 4 amide bonds. The average molecular weight is 531 g/mol. The van der Waals surface area contributed by atoms with E-state index in [2.05, 4.69) is 15.9 Å². The number of imide groups is 2. The van der Waals surface area contributed by atoms with Crippen molar-refractivity contribution >= 4 is 39.6 Å². The number of carbonyl (C=O) groups is 4. The second-order valence-corrected chi connectivity index (χ2v) is 10.3. The molecule has 2 aliphatic carbocycles. The average Bonchev–Trinajstić information content (AvgIpc) is 3.22. The Kier molecular flexibility index (Phi) is 5.58. The summed E-state index contributed by atoms with van der Waals surface area (Å²) in [5, 5.41) is 10.4. The third-order valence-electron chi connectivity index (χ3n) is 8.09. The Balaban J connectivity index is 1.68. The number of ether oxygens (including phenoxy) is 1. The maximum Gasteiger partial charge on any atom is 0.234 e. The number of amides is 4. The molecule has 6 atom stereocenters. The zero-order chi connectivity index (χ0) is 24.5. The van der Waals surface area contributed by atoms with E-state index in [1.807, 2.05) is 6.08 Å². The molecule has 180 valence electrons. The van der Waals surface area contributed by atoms with E-state index < -0.39 is 29.6 Å². The summed E-state index contributed by atoms with van der Waals surface area (Å²) in [6.07, 6.45) is 2.82. The maximum atomic E-state index is 13.4. The minimum absolute atomic E-state index is 0.0491. The molecule has 8 nitrogen and oxygen atoms in total. The Hall–Kier alpha value is -2.68. The predicted molar refractivity (Wildman–Crippen MR) is 125 cm³/mol. The fourth-order valence-electron chi connectivity index (χ4n) is 6.65. The van der Waals surface area contributed by atoms with Crippen molar-refractivity contribution in [2.24, 2.45) is 29.6 Å². The third kappa shape index (κ3) is 3.01. The molecule has 0 spiro atoms. The molecule has 1 aromatic carbocycles. The number of carbonyl (C=O) groups excluding carboxylic acids is 4. The zero-order valence-electron chi connectivity index (χ0n) is 19.3. The molecule has 0 bridgehead atoms. The van der Waals surface area contributed by atoms with Crippen LogP contribution in [0.4, 0.5) is 0 Å². The number of phenolic OH excluding ortho intramolecular Hbond substituents is 1. The van der Waals surface area contributed by atoms with Crippen molar-refractivity contribution in [3.63, 3.8) is 0 Å². The van der Waals surface area contributed by atoms with E-state index in [0.717, 1.165) is 11.1 Å². The van der Waals surface area contributed by atoms with Crippen LogP contribution in [-0.2, 0) is 19.2 Å². The Morgan fingerprint density at radius 3 is 2.18 bits per heavy atom. The summed E-state index contributed by atoms with van der Waals surface area (Å²) in [7, 11) is 1.45. The monoisotopic (exact) mass is 530 g/mol. The lowest BCUT2D eigenvalue weighted by atomic mass is 9.57. The number of benzene rings is 1. The molecule has 1 N–H and O–H groups in total. The molecule has 0 aromatic heterocycles. The maximum absolute atomic E-state index is 13.4. The first kappa shape index (κ1) is 23.1. The molecule has 2 aliphatic heterocycles. The van der Waals surface area contributed by atoms with Crippen molar-refractivity contribution in [3.05, 3.63) is 33.8 Å². The molecule has 5 rings (SSSR count). The Bertz CT molecular complexity index is 1150. The van der Waals surface area contributed by atoms with Crippen LogP contribution in [0, 0.1) is 29.6 Å². The predicted octanol–water partition coefficient (Wildman–Crippen LogP) is 2.84. The van der Waals surface area contributed by atoms with Gasteiger partial charge in [0.25, 0.3) is 0 Å². The van der Waals surface area contributed by atoms with Crippen LogP contribution >= 0.6 is 15.9 Å². The molecule has 1 aromatic rings. The van der Waals surface area contributed by atoms with Crippen LogP contribution in [0.3, 0.4) is 0 Å². The van der Waals surface area contributed by atoms with Gasteiger partial charge in [-0.2, -0.15) is 0 Å². The first-order chi connectivity index (χ1) is 16.2. The standard InChI is InChI=1S/C25H27BrN2O6/c1-4-27-22(30)13-7-6-12-14(19(13)24(27)32)10-15-20(25(33)28(5-2)23(15)31)18(12)11-8-16(26)21(29)17(9-11)34-3/h6,8-9,13-15,18-20,29H,4-5,7,10H2,1-3H3. The highest BCUT2D eigenvalue weighted by Crippen LogP contribution is 2.58. The van der Waals surface area contributed by atoms with Crippen LogP contribution in [0.1, 0.15) is 38.2 Å². The van der Waals surface area contributed by atoms with E-state index in [9.17, 15) is 24.3 Å². The summed E-state index contributed by atoms with van der Waals surface area (Å²) >= 11 is 3.38. The highest BCUT2D eigenvalue weighted by atomic mass is 79.9. The van der Waals surface area contributed by atoms with Crippen molar-refractivity contribution in [2.45, 2.75) is 32.6 Å². The molecule has 6 unspecified atom stereocenters. The SMILES string of the molecule is CCN1C(=O)C2CC=C3C(CC4C(=O)N(CC)C(=O)C4C3c3cc(Br)c(O)c(OC)c3)C2C1=O. The van der Waals surface area contributed by atoms with Crippen LogP contribution in [0.25, 0.3) is 0 Å². The van der Waals surface area contributed by atoms with E-state index in [1.54, 1.807) is 26.0 Å². The van der Waals surface area contributed by atoms with Gasteiger partial charge in [0.15, 0.2) is 11.5 Å². The number of halogens is 1. The molecular formula is C25H27BrN2O6. The van der Waals surface area contributed by atoms with Crippen molar-refractivity contribution in [3.8, 4) is 11.5 Å². The van der Waals surface area contributed by atoms with E-state index >= 15 is 0 Å². The number of likely N-dealkylation sites (tertiary alicyclic amines) is 2. The van der Waals surface area contributed by atoms with Crippen LogP contribution < -0.4 is 4.74 Å². The largest absolute Gasteiger partial charge is 0.503 e. The Morgan fingerprint density at radius 1 is 0.941 bits per heavy atom. The highest BCUT2D eigenvalue weighted by Gasteiger charge is 2.61. The van der Waals surface area contributed by atoms with Crippen molar-refractivity contribution in [2.75, 3.05) is 20.2 Å². The third-order valence-corrected chi connectivity index (χ3v) is 8.70. The molecule has 9 heteroatoms. The number of hydrogen-bond acceptors (Lipinski definition) is 6. The van der Waals surface area contributed by atoms with Gasteiger partial charge in [0, 0.05) is 19.0 Å². The number of allylic oxidation sites excluding steroid dienone is 2. The molecule has 2 heterocycles. The zero-order valence-corrected chi connectivity index (χ0v) is 20.9. The number of rotatable bonds is 4. The number of phenols is 1. The highest BCUT2D eigenvalue weighted by molar-refractivity contribution is 9.10. The van der Waals surface area contributed by atoms with Gasteiger partial charge in [-0.25, -0.2) is 0 Å². The quantitative estimate of drug-likeness (QED) is 0.474. The molecule has 4 aliphatic rings. The van der Waals surface area contributed by atoms with Gasteiger partial charge < -0.3 is 9.84 Å². The Morgan fingerprint density at radius 2 is 1.56 bits per heavy atom. The number of aromatic hydroxyl groups is 1. The molecule has 1 saturated carbocycles. The number of fused-ring (bicyclic) bond motifs is 4. The van der Waals surface area contributed by atoms with E-state index in [0.29, 0.717) is 23.9 Å².